The van der Waals surface area contributed by atoms with Gasteiger partial charge in [-0.3, -0.25) is 9.59 Å². The molecule has 8 nitrogen and oxygen atoms in total. The lowest BCUT2D eigenvalue weighted by atomic mass is 10.0. The van der Waals surface area contributed by atoms with Crippen LogP contribution in [0.2, 0.25) is 0 Å². The zero-order valence-corrected chi connectivity index (χ0v) is 19.3. The smallest absolute Gasteiger partial charge is 0.224 e. The highest BCUT2D eigenvalue weighted by Gasteiger charge is 2.18. The highest BCUT2D eigenvalue weighted by atomic mass is 16.5. The van der Waals surface area contributed by atoms with E-state index in [2.05, 4.69) is 5.32 Å². The molecule has 178 valence electrons. The minimum absolute atomic E-state index is 0.0160. The van der Waals surface area contributed by atoms with Crippen molar-refractivity contribution >= 4 is 17.5 Å². The summed E-state index contributed by atoms with van der Waals surface area (Å²) in [6.07, 6.45) is 2.63. The van der Waals surface area contributed by atoms with Gasteiger partial charge in [-0.05, 0) is 49.1 Å². The SMILES string of the molecule is COc1ccc(CCN(CCO)C(=O)CCCOc2cccc3c2CCC(=O)N3)cc1OC. The lowest BCUT2D eigenvalue weighted by Crippen LogP contribution is -2.35. The molecule has 0 radical (unpaired) electrons. The summed E-state index contributed by atoms with van der Waals surface area (Å²) in [5.41, 5.74) is 2.82. The molecule has 0 saturated carbocycles. The average Bonchev–Trinajstić information content (AvgIpc) is 2.83. The van der Waals surface area contributed by atoms with Crippen molar-refractivity contribution in [1.29, 1.82) is 0 Å². The highest BCUT2D eigenvalue weighted by Crippen LogP contribution is 2.31. The fourth-order valence-corrected chi connectivity index (χ4v) is 3.87. The fourth-order valence-electron chi connectivity index (χ4n) is 3.87. The third kappa shape index (κ3) is 6.61. The monoisotopic (exact) mass is 456 g/mol. The van der Waals surface area contributed by atoms with Crippen molar-refractivity contribution in [3.63, 3.8) is 0 Å². The van der Waals surface area contributed by atoms with Crippen LogP contribution in [0.25, 0.3) is 0 Å². The van der Waals surface area contributed by atoms with E-state index in [1.54, 1.807) is 19.1 Å². The molecule has 1 aliphatic heterocycles. The second kappa shape index (κ2) is 12.1. The molecular weight excluding hydrogens is 424 g/mol. The second-order valence-electron chi connectivity index (χ2n) is 7.83. The van der Waals surface area contributed by atoms with Crippen LogP contribution in [-0.4, -0.2) is 62.3 Å². The molecule has 2 aromatic rings. The summed E-state index contributed by atoms with van der Waals surface area (Å²) in [4.78, 5) is 26.0. The molecule has 0 bridgehead atoms. The number of hydrogen-bond acceptors (Lipinski definition) is 6. The van der Waals surface area contributed by atoms with Gasteiger partial charge < -0.3 is 29.5 Å². The summed E-state index contributed by atoms with van der Waals surface area (Å²) in [6, 6.07) is 11.3. The first kappa shape index (κ1) is 24.4. The van der Waals surface area contributed by atoms with Gasteiger partial charge >= 0.3 is 0 Å². The van der Waals surface area contributed by atoms with Crippen molar-refractivity contribution in [3.05, 3.63) is 47.5 Å². The van der Waals surface area contributed by atoms with E-state index in [0.717, 1.165) is 22.6 Å². The molecule has 0 aromatic heterocycles. The predicted molar refractivity (Wildman–Crippen MR) is 125 cm³/mol. The van der Waals surface area contributed by atoms with Crippen LogP contribution in [0.15, 0.2) is 36.4 Å². The number of methoxy groups -OCH3 is 2. The van der Waals surface area contributed by atoms with E-state index >= 15 is 0 Å². The van der Waals surface area contributed by atoms with E-state index in [1.165, 1.54) is 0 Å². The Balaban J connectivity index is 1.49. The van der Waals surface area contributed by atoms with Crippen LogP contribution in [-0.2, 0) is 22.4 Å². The molecule has 0 fully saturated rings. The zero-order valence-electron chi connectivity index (χ0n) is 19.3. The summed E-state index contributed by atoms with van der Waals surface area (Å²) in [7, 11) is 3.18. The van der Waals surface area contributed by atoms with Crippen LogP contribution >= 0.6 is 0 Å². The molecule has 8 heteroatoms. The molecule has 0 atom stereocenters. The molecule has 0 spiro atoms. The number of amides is 2. The fraction of sp³-hybridized carbons (Fsp3) is 0.440. The number of hydrogen-bond donors (Lipinski definition) is 2. The van der Waals surface area contributed by atoms with Gasteiger partial charge in [-0.1, -0.05) is 12.1 Å². The van der Waals surface area contributed by atoms with Gasteiger partial charge in [-0.2, -0.15) is 0 Å². The van der Waals surface area contributed by atoms with Gasteiger partial charge in [0.2, 0.25) is 11.8 Å². The first-order valence-corrected chi connectivity index (χ1v) is 11.2. The Kier molecular flexibility index (Phi) is 8.95. The Labute approximate surface area is 194 Å². The first-order chi connectivity index (χ1) is 16.0. The number of fused-ring (bicyclic) bond motifs is 1. The van der Waals surface area contributed by atoms with Crippen LogP contribution in [0.3, 0.4) is 0 Å². The quantitative estimate of drug-likeness (QED) is 0.477. The van der Waals surface area contributed by atoms with Crippen molar-refractivity contribution in [2.75, 3.05) is 45.8 Å². The van der Waals surface area contributed by atoms with Gasteiger partial charge in [0.15, 0.2) is 11.5 Å². The number of carbonyl (C=O) groups excluding carboxylic acids is 2. The molecular formula is C25H32N2O6. The summed E-state index contributed by atoms with van der Waals surface area (Å²) < 4.78 is 16.5. The first-order valence-electron chi connectivity index (χ1n) is 11.2. The molecule has 2 N–H and O–H groups in total. The van der Waals surface area contributed by atoms with Crippen LogP contribution in [0.4, 0.5) is 5.69 Å². The second-order valence-corrected chi connectivity index (χ2v) is 7.83. The topological polar surface area (TPSA) is 97.3 Å². The van der Waals surface area contributed by atoms with Crippen LogP contribution in [0.5, 0.6) is 17.2 Å². The number of benzene rings is 2. The third-order valence-corrected chi connectivity index (χ3v) is 5.64. The molecule has 33 heavy (non-hydrogen) atoms. The van der Waals surface area contributed by atoms with E-state index in [0.29, 0.717) is 63.3 Å². The van der Waals surface area contributed by atoms with Crippen LogP contribution in [0, 0.1) is 0 Å². The Bertz CT molecular complexity index is 962. The Hall–Kier alpha value is -3.26. The molecule has 0 aliphatic carbocycles. The van der Waals surface area contributed by atoms with Crippen molar-refractivity contribution in [3.8, 4) is 17.2 Å². The summed E-state index contributed by atoms with van der Waals surface area (Å²) >= 11 is 0. The number of rotatable bonds is 12. The molecule has 3 rings (SSSR count). The maximum Gasteiger partial charge on any atom is 0.224 e. The Morgan fingerprint density at radius 2 is 1.88 bits per heavy atom. The normalized spacial score (nSPS) is 12.5. The maximum atomic E-state index is 12.7. The number of ether oxygens (including phenoxy) is 3. The number of aliphatic hydroxyl groups excluding tert-OH is 1. The van der Waals surface area contributed by atoms with Crippen molar-refractivity contribution in [2.24, 2.45) is 0 Å². The molecule has 1 aliphatic rings. The molecule has 2 aromatic carbocycles. The van der Waals surface area contributed by atoms with Crippen LogP contribution < -0.4 is 19.5 Å². The molecule has 0 unspecified atom stereocenters. The third-order valence-electron chi connectivity index (χ3n) is 5.64. The number of carbonyl (C=O) groups is 2. The maximum absolute atomic E-state index is 12.7. The predicted octanol–water partition coefficient (Wildman–Crippen LogP) is 2.81. The Morgan fingerprint density at radius 1 is 1.06 bits per heavy atom. The van der Waals surface area contributed by atoms with Gasteiger partial charge in [-0.15, -0.1) is 0 Å². The van der Waals surface area contributed by atoms with Gasteiger partial charge in [0.1, 0.15) is 5.75 Å². The largest absolute Gasteiger partial charge is 0.493 e. The number of nitrogens with zero attached hydrogens (tertiary/aromatic N) is 1. The van der Waals surface area contributed by atoms with Gasteiger partial charge in [0, 0.05) is 37.2 Å². The van der Waals surface area contributed by atoms with E-state index in [4.69, 9.17) is 14.2 Å². The summed E-state index contributed by atoms with van der Waals surface area (Å²) in [6.45, 7) is 1.11. The van der Waals surface area contributed by atoms with E-state index in [1.807, 2.05) is 36.4 Å². The van der Waals surface area contributed by atoms with Gasteiger partial charge in [0.25, 0.3) is 0 Å². The van der Waals surface area contributed by atoms with E-state index in [9.17, 15) is 14.7 Å². The van der Waals surface area contributed by atoms with Crippen molar-refractivity contribution in [1.82, 2.24) is 4.90 Å². The lowest BCUT2D eigenvalue weighted by Gasteiger charge is -2.22. The highest BCUT2D eigenvalue weighted by molar-refractivity contribution is 5.94. The summed E-state index contributed by atoms with van der Waals surface area (Å²) in [5, 5.41) is 12.3. The standard InChI is InChI=1S/C25H32N2O6/c1-31-22-10-8-18(17-23(22)32-2)12-13-27(14-15-28)25(30)7-4-16-33-21-6-3-5-20-19(21)9-11-24(29)26-20/h3,5-6,8,10,17,28H,4,7,9,11-16H2,1-2H3,(H,26,29). The minimum Gasteiger partial charge on any atom is -0.493 e. The molecule has 0 saturated heterocycles. The van der Waals surface area contributed by atoms with Gasteiger partial charge in [-0.25, -0.2) is 0 Å². The average molecular weight is 457 g/mol. The minimum atomic E-state index is -0.0873. The Morgan fingerprint density at radius 3 is 2.64 bits per heavy atom. The van der Waals surface area contributed by atoms with Crippen LogP contribution in [0.1, 0.15) is 30.4 Å². The number of anilines is 1. The number of nitrogens with one attached hydrogen (secondary N) is 1. The van der Waals surface area contributed by atoms with E-state index < -0.39 is 0 Å². The molecule has 2 amide bonds. The lowest BCUT2D eigenvalue weighted by molar-refractivity contribution is -0.132. The number of aliphatic hydroxyl groups is 1. The molecule has 1 heterocycles. The summed E-state index contributed by atoms with van der Waals surface area (Å²) in [5.74, 6) is 2.06. The van der Waals surface area contributed by atoms with Crippen molar-refractivity contribution in [2.45, 2.75) is 32.1 Å². The zero-order chi connectivity index (χ0) is 23.6. The van der Waals surface area contributed by atoms with Gasteiger partial charge in [0.05, 0.1) is 27.4 Å². The van der Waals surface area contributed by atoms with Crippen molar-refractivity contribution < 1.29 is 28.9 Å². The van der Waals surface area contributed by atoms with E-state index in [-0.39, 0.29) is 18.4 Å².